The molecule has 0 radical (unpaired) electrons. The first-order valence-electron chi connectivity index (χ1n) is 9.08. The Morgan fingerprint density at radius 2 is 2.18 bits per heavy atom. The van der Waals surface area contributed by atoms with E-state index in [2.05, 4.69) is 20.3 Å². The molecule has 9 heteroatoms. The lowest BCUT2D eigenvalue weighted by Gasteiger charge is -2.09. The molecule has 146 valence electrons. The largest absolute Gasteiger partial charge is 0.351 e. The number of fused-ring (bicyclic) bond motifs is 3. The van der Waals surface area contributed by atoms with Crippen molar-refractivity contribution in [3.8, 4) is 0 Å². The van der Waals surface area contributed by atoms with Gasteiger partial charge >= 0.3 is 0 Å². The van der Waals surface area contributed by atoms with E-state index in [1.807, 2.05) is 6.07 Å². The van der Waals surface area contributed by atoms with Crippen molar-refractivity contribution < 1.29 is 4.79 Å². The van der Waals surface area contributed by atoms with Gasteiger partial charge < -0.3 is 10.3 Å². The molecule has 3 aromatic rings. The highest BCUT2D eigenvalue weighted by Gasteiger charge is 2.19. The molecule has 4 rings (SSSR count). The van der Waals surface area contributed by atoms with Crippen LogP contribution < -0.4 is 10.9 Å². The van der Waals surface area contributed by atoms with Gasteiger partial charge in [-0.3, -0.25) is 9.59 Å². The van der Waals surface area contributed by atoms with E-state index in [9.17, 15) is 9.59 Å². The molecule has 0 spiro atoms. The van der Waals surface area contributed by atoms with Crippen LogP contribution in [0.1, 0.15) is 34.7 Å². The summed E-state index contributed by atoms with van der Waals surface area (Å²) in [6, 6.07) is 3.52. The van der Waals surface area contributed by atoms with Crippen LogP contribution in [0.15, 0.2) is 23.1 Å². The van der Waals surface area contributed by atoms with E-state index in [1.165, 1.54) is 28.6 Å². The molecule has 2 N–H and O–H groups in total. The third-order valence-corrected chi connectivity index (χ3v) is 6.98. The van der Waals surface area contributed by atoms with E-state index in [0.29, 0.717) is 29.0 Å². The van der Waals surface area contributed by atoms with E-state index >= 15 is 0 Å². The normalized spacial score (nSPS) is 13.5. The number of aromatic nitrogens is 3. The zero-order valence-corrected chi connectivity index (χ0v) is 17.5. The standard InChI is InChI=1S/C19H19ClN4O2S2/c20-14-6-5-11(7-21-14)8-22-16(25)10-27-9-15-23-18(26)17-12-3-1-2-4-13(12)28-19(17)24-15/h5-7H,1-4,8-10H2,(H,22,25)(H,23,24,26). The van der Waals surface area contributed by atoms with E-state index in [4.69, 9.17) is 11.6 Å². The molecule has 3 heterocycles. The van der Waals surface area contributed by atoms with Crippen LogP contribution in [0.2, 0.25) is 5.15 Å². The zero-order valence-electron chi connectivity index (χ0n) is 15.1. The number of nitrogens with zero attached hydrogens (tertiary/aromatic N) is 2. The molecular weight excluding hydrogens is 416 g/mol. The second kappa shape index (κ2) is 8.63. The summed E-state index contributed by atoms with van der Waals surface area (Å²) < 4.78 is 0. The van der Waals surface area contributed by atoms with Gasteiger partial charge in [0.05, 0.1) is 16.9 Å². The van der Waals surface area contributed by atoms with Crippen LogP contribution in [0.25, 0.3) is 10.2 Å². The predicted molar refractivity (Wildman–Crippen MR) is 114 cm³/mol. The zero-order chi connectivity index (χ0) is 19.5. The molecule has 28 heavy (non-hydrogen) atoms. The lowest BCUT2D eigenvalue weighted by atomic mass is 9.97. The maximum absolute atomic E-state index is 12.5. The van der Waals surface area contributed by atoms with Crippen molar-refractivity contribution in [2.45, 2.75) is 38.0 Å². The Morgan fingerprint density at radius 3 is 3.00 bits per heavy atom. The van der Waals surface area contributed by atoms with Crippen LogP contribution in [0.5, 0.6) is 0 Å². The monoisotopic (exact) mass is 434 g/mol. The van der Waals surface area contributed by atoms with Crippen LogP contribution in [0.3, 0.4) is 0 Å². The summed E-state index contributed by atoms with van der Waals surface area (Å²) in [5, 5.41) is 4.04. The fourth-order valence-electron chi connectivity index (χ4n) is 3.28. The number of H-pyrrole nitrogens is 1. The van der Waals surface area contributed by atoms with E-state index in [-0.39, 0.29) is 11.5 Å². The number of carbonyl (C=O) groups excluding carboxylic acids is 1. The number of thioether (sulfide) groups is 1. The minimum absolute atomic E-state index is 0.0558. The third-order valence-electron chi connectivity index (χ3n) is 4.62. The highest BCUT2D eigenvalue weighted by Crippen LogP contribution is 2.33. The smallest absolute Gasteiger partial charge is 0.259 e. The molecule has 0 unspecified atom stereocenters. The van der Waals surface area contributed by atoms with Crippen molar-refractivity contribution in [2.75, 3.05) is 5.75 Å². The molecule has 3 aromatic heterocycles. The SMILES string of the molecule is O=C(CSCc1nc2sc3c(c2c(=O)[nH]1)CCCC3)NCc1ccc(Cl)nc1. The fourth-order valence-corrected chi connectivity index (χ4v) is 5.39. The van der Waals surface area contributed by atoms with Gasteiger partial charge in [-0.25, -0.2) is 9.97 Å². The molecule has 6 nitrogen and oxygen atoms in total. The van der Waals surface area contributed by atoms with Crippen LogP contribution in [-0.2, 0) is 29.9 Å². The summed E-state index contributed by atoms with van der Waals surface area (Å²) in [6.45, 7) is 0.408. The minimum Gasteiger partial charge on any atom is -0.351 e. The maximum atomic E-state index is 12.5. The van der Waals surface area contributed by atoms with Gasteiger partial charge in [-0.2, -0.15) is 0 Å². The molecule has 0 saturated heterocycles. The number of pyridine rings is 1. The number of amides is 1. The van der Waals surface area contributed by atoms with Crippen molar-refractivity contribution in [3.63, 3.8) is 0 Å². The van der Waals surface area contributed by atoms with Crippen LogP contribution in [0, 0.1) is 0 Å². The van der Waals surface area contributed by atoms with Crippen molar-refractivity contribution >= 4 is 50.8 Å². The van der Waals surface area contributed by atoms with Gasteiger partial charge in [-0.05, 0) is 42.9 Å². The first-order chi connectivity index (χ1) is 13.6. The Morgan fingerprint density at radius 1 is 1.32 bits per heavy atom. The fraction of sp³-hybridized carbons (Fsp3) is 0.368. The molecule has 0 aliphatic heterocycles. The first-order valence-corrected chi connectivity index (χ1v) is 11.4. The van der Waals surface area contributed by atoms with Crippen LogP contribution in [-0.4, -0.2) is 26.6 Å². The summed E-state index contributed by atoms with van der Waals surface area (Å²) in [7, 11) is 0. The number of aryl methyl sites for hydroxylation is 2. The number of aromatic amines is 1. The molecular formula is C19H19ClN4O2S2. The number of carbonyl (C=O) groups is 1. The van der Waals surface area contributed by atoms with Gasteiger partial charge in [0.2, 0.25) is 5.91 Å². The molecule has 0 saturated carbocycles. The average molecular weight is 435 g/mol. The predicted octanol–water partition coefficient (Wildman–Crippen LogP) is 3.46. The molecule has 1 amide bonds. The van der Waals surface area contributed by atoms with Crippen molar-refractivity contribution in [1.29, 1.82) is 0 Å². The Bertz CT molecular complexity index is 1060. The van der Waals surface area contributed by atoms with Crippen LogP contribution >= 0.6 is 34.7 Å². The van der Waals surface area contributed by atoms with Gasteiger partial charge in [0.1, 0.15) is 15.8 Å². The Kier molecular flexibility index (Phi) is 5.99. The molecule has 0 fully saturated rings. The Labute approximate surface area is 175 Å². The highest BCUT2D eigenvalue weighted by atomic mass is 35.5. The van der Waals surface area contributed by atoms with Gasteiger partial charge in [0.15, 0.2) is 0 Å². The number of halogens is 1. The number of nitrogens with one attached hydrogen (secondary N) is 2. The molecule has 1 aliphatic rings. The lowest BCUT2D eigenvalue weighted by Crippen LogP contribution is -2.24. The number of thiophene rings is 1. The molecule has 0 aromatic carbocycles. The molecule has 0 atom stereocenters. The van der Waals surface area contributed by atoms with Crippen molar-refractivity contribution in [3.05, 3.63) is 55.7 Å². The van der Waals surface area contributed by atoms with Gasteiger partial charge in [0, 0.05) is 17.6 Å². The average Bonchev–Trinajstić information content (AvgIpc) is 3.06. The summed E-state index contributed by atoms with van der Waals surface area (Å²) >= 11 is 8.81. The minimum atomic E-state index is -0.0741. The topological polar surface area (TPSA) is 87.7 Å². The van der Waals surface area contributed by atoms with Crippen molar-refractivity contribution in [2.24, 2.45) is 0 Å². The van der Waals surface area contributed by atoms with Gasteiger partial charge in [0.25, 0.3) is 5.56 Å². The number of rotatable bonds is 6. The maximum Gasteiger partial charge on any atom is 0.259 e. The number of hydrogen-bond donors (Lipinski definition) is 2. The second-order valence-electron chi connectivity index (χ2n) is 6.66. The number of hydrogen-bond acceptors (Lipinski definition) is 6. The van der Waals surface area contributed by atoms with E-state index in [1.54, 1.807) is 23.6 Å². The van der Waals surface area contributed by atoms with Crippen molar-refractivity contribution in [1.82, 2.24) is 20.3 Å². The lowest BCUT2D eigenvalue weighted by molar-refractivity contribution is -0.118. The summed E-state index contributed by atoms with van der Waals surface area (Å²) in [4.78, 5) is 38.2. The summed E-state index contributed by atoms with van der Waals surface area (Å²) in [5.74, 6) is 1.33. The molecule has 1 aliphatic carbocycles. The third kappa shape index (κ3) is 4.39. The summed E-state index contributed by atoms with van der Waals surface area (Å²) in [6.07, 6.45) is 5.97. The van der Waals surface area contributed by atoms with E-state index < -0.39 is 0 Å². The molecule has 0 bridgehead atoms. The Balaban J connectivity index is 1.33. The summed E-state index contributed by atoms with van der Waals surface area (Å²) in [5.41, 5.74) is 2.02. The van der Waals surface area contributed by atoms with E-state index in [0.717, 1.165) is 35.0 Å². The van der Waals surface area contributed by atoms with Crippen LogP contribution in [0.4, 0.5) is 0 Å². The first kappa shape index (κ1) is 19.4. The van der Waals surface area contributed by atoms with Gasteiger partial charge in [-0.1, -0.05) is 17.7 Å². The quantitative estimate of drug-likeness (QED) is 0.580. The van der Waals surface area contributed by atoms with Gasteiger partial charge in [-0.15, -0.1) is 23.1 Å². The highest BCUT2D eigenvalue weighted by molar-refractivity contribution is 7.99. The Hall–Kier alpha value is -1.90. The second-order valence-corrected chi connectivity index (χ2v) is 9.12.